The van der Waals surface area contributed by atoms with Gasteiger partial charge in [0.25, 0.3) is 5.91 Å². The van der Waals surface area contributed by atoms with Crippen LogP contribution in [0.3, 0.4) is 0 Å². The van der Waals surface area contributed by atoms with E-state index in [2.05, 4.69) is 26.8 Å². The van der Waals surface area contributed by atoms with Gasteiger partial charge in [0.05, 0.1) is 25.6 Å². The Morgan fingerprint density at radius 3 is 2.28 bits per heavy atom. The summed E-state index contributed by atoms with van der Waals surface area (Å²) in [4.78, 5) is 15.5. The van der Waals surface area contributed by atoms with Crippen molar-refractivity contribution in [2.24, 2.45) is 0 Å². The molecule has 0 aliphatic carbocycles. The lowest BCUT2D eigenvalue weighted by Crippen LogP contribution is -2.34. The number of ether oxygens (including phenoxy) is 2. The Balaban J connectivity index is 2.19. The number of amides is 1. The summed E-state index contributed by atoms with van der Waals surface area (Å²) in [6.07, 6.45) is 1.81. The van der Waals surface area contributed by atoms with Gasteiger partial charge in [-0.3, -0.25) is 4.79 Å². The SMILES string of the molecule is CCCN(CCC)C(=O)c1cc(-c2ccc(OC)cc2OC)nn1-c1ccc(C)cc1C. The van der Waals surface area contributed by atoms with Crippen LogP contribution >= 0.6 is 0 Å². The fraction of sp³-hybridized carbons (Fsp3) is 0.385. The van der Waals surface area contributed by atoms with Crippen LogP contribution in [0.4, 0.5) is 0 Å². The van der Waals surface area contributed by atoms with E-state index in [9.17, 15) is 4.79 Å². The number of benzene rings is 2. The normalized spacial score (nSPS) is 10.8. The molecule has 1 aromatic heterocycles. The van der Waals surface area contributed by atoms with Gasteiger partial charge in [0.1, 0.15) is 17.2 Å². The van der Waals surface area contributed by atoms with Crippen LogP contribution in [-0.4, -0.2) is 47.9 Å². The zero-order valence-corrected chi connectivity index (χ0v) is 19.9. The average molecular weight is 436 g/mol. The van der Waals surface area contributed by atoms with E-state index in [0.29, 0.717) is 36.0 Å². The molecule has 0 aliphatic heterocycles. The number of methoxy groups -OCH3 is 2. The number of nitrogens with zero attached hydrogens (tertiary/aromatic N) is 3. The van der Waals surface area contributed by atoms with E-state index in [1.807, 2.05) is 48.2 Å². The molecule has 3 rings (SSSR count). The van der Waals surface area contributed by atoms with Crippen molar-refractivity contribution in [2.75, 3.05) is 27.3 Å². The van der Waals surface area contributed by atoms with E-state index in [1.165, 1.54) is 5.56 Å². The van der Waals surface area contributed by atoms with E-state index in [0.717, 1.165) is 29.7 Å². The topological polar surface area (TPSA) is 56.6 Å². The lowest BCUT2D eigenvalue weighted by molar-refractivity contribution is 0.0746. The van der Waals surface area contributed by atoms with Crippen molar-refractivity contribution in [2.45, 2.75) is 40.5 Å². The maximum atomic E-state index is 13.6. The van der Waals surface area contributed by atoms with Gasteiger partial charge < -0.3 is 14.4 Å². The first-order chi connectivity index (χ1) is 15.4. The average Bonchev–Trinajstić information content (AvgIpc) is 3.22. The maximum Gasteiger partial charge on any atom is 0.272 e. The molecule has 3 aromatic rings. The summed E-state index contributed by atoms with van der Waals surface area (Å²) in [5.41, 5.74) is 5.16. The molecular formula is C26H33N3O3. The smallest absolute Gasteiger partial charge is 0.272 e. The predicted octanol–water partition coefficient (Wildman–Crippen LogP) is 5.44. The van der Waals surface area contributed by atoms with Gasteiger partial charge in [-0.2, -0.15) is 5.10 Å². The first kappa shape index (κ1) is 23.4. The van der Waals surface area contributed by atoms with Crippen LogP contribution in [-0.2, 0) is 0 Å². The van der Waals surface area contributed by atoms with Crippen molar-refractivity contribution in [1.29, 1.82) is 0 Å². The molecule has 0 saturated carbocycles. The number of carbonyl (C=O) groups excluding carboxylic acids is 1. The standard InChI is InChI=1S/C26H33N3O3/c1-7-13-28(14-8-2)26(30)24-17-22(21-11-10-20(31-5)16-25(21)32-6)27-29(24)23-12-9-18(3)15-19(23)4/h9-12,15-17H,7-8,13-14H2,1-6H3. The molecule has 0 atom stereocenters. The van der Waals surface area contributed by atoms with Gasteiger partial charge in [0.15, 0.2) is 0 Å². The number of hydrogen-bond acceptors (Lipinski definition) is 4. The van der Waals surface area contributed by atoms with E-state index in [1.54, 1.807) is 18.9 Å². The summed E-state index contributed by atoms with van der Waals surface area (Å²) in [5, 5.41) is 4.88. The summed E-state index contributed by atoms with van der Waals surface area (Å²) in [7, 11) is 3.24. The minimum absolute atomic E-state index is 0.0140. The van der Waals surface area contributed by atoms with E-state index >= 15 is 0 Å². The van der Waals surface area contributed by atoms with Gasteiger partial charge in [-0.15, -0.1) is 0 Å². The van der Waals surface area contributed by atoms with Crippen molar-refractivity contribution in [3.05, 3.63) is 59.3 Å². The van der Waals surface area contributed by atoms with Crippen molar-refractivity contribution >= 4 is 5.91 Å². The fourth-order valence-corrected chi connectivity index (χ4v) is 3.92. The molecule has 0 N–H and O–H groups in total. The Labute approximate surface area is 190 Å². The molecule has 6 heteroatoms. The second-order valence-corrected chi connectivity index (χ2v) is 7.97. The molecule has 1 amide bonds. The summed E-state index contributed by atoms with van der Waals surface area (Å²) >= 11 is 0. The first-order valence-corrected chi connectivity index (χ1v) is 11.1. The molecule has 0 spiro atoms. The Bertz CT molecular complexity index is 1080. The second kappa shape index (κ2) is 10.4. The van der Waals surface area contributed by atoms with E-state index in [4.69, 9.17) is 14.6 Å². The summed E-state index contributed by atoms with van der Waals surface area (Å²) in [6, 6.07) is 13.6. The van der Waals surface area contributed by atoms with Crippen LogP contribution in [0.25, 0.3) is 16.9 Å². The van der Waals surface area contributed by atoms with Crippen molar-refractivity contribution in [3.8, 4) is 28.4 Å². The first-order valence-electron chi connectivity index (χ1n) is 11.1. The molecule has 0 radical (unpaired) electrons. The van der Waals surface area contributed by atoms with Gasteiger partial charge in [-0.1, -0.05) is 31.5 Å². The maximum absolute atomic E-state index is 13.6. The highest BCUT2D eigenvalue weighted by Gasteiger charge is 2.24. The molecular weight excluding hydrogens is 402 g/mol. The van der Waals surface area contributed by atoms with Crippen LogP contribution < -0.4 is 9.47 Å². The van der Waals surface area contributed by atoms with Crippen LogP contribution in [0, 0.1) is 13.8 Å². The van der Waals surface area contributed by atoms with Crippen LogP contribution in [0.15, 0.2) is 42.5 Å². The monoisotopic (exact) mass is 435 g/mol. The third-order valence-electron chi connectivity index (χ3n) is 5.47. The number of rotatable bonds is 9. The summed E-state index contributed by atoms with van der Waals surface area (Å²) in [6.45, 7) is 9.71. The Hall–Kier alpha value is -3.28. The molecule has 0 fully saturated rings. The minimum Gasteiger partial charge on any atom is -0.497 e. The molecule has 6 nitrogen and oxygen atoms in total. The third-order valence-corrected chi connectivity index (χ3v) is 5.47. The zero-order chi connectivity index (χ0) is 23.3. The van der Waals surface area contributed by atoms with E-state index in [-0.39, 0.29) is 5.91 Å². The molecule has 2 aromatic carbocycles. The largest absolute Gasteiger partial charge is 0.497 e. The quantitative estimate of drug-likeness (QED) is 0.449. The summed E-state index contributed by atoms with van der Waals surface area (Å²) in [5.74, 6) is 1.33. The fourth-order valence-electron chi connectivity index (χ4n) is 3.92. The second-order valence-electron chi connectivity index (χ2n) is 7.97. The van der Waals surface area contributed by atoms with Gasteiger partial charge in [0.2, 0.25) is 0 Å². The number of aryl methyl sites for hydroxylation is 2. The van der Waals surface area contributed by atoms with Crippen molar-refractivity contribution in [1.82, 2.24) is 14.7 Å². The Morgan fingerprint density at radius 2 is 1.69 bits per heavy atom. The van der Waals surface area contributed by atoms with Crippen molar-refractivity contribution < 1.29 is 14.3 Å². The Kier molecular flexibility index (Phi) is 7.57. The molecule has 32 heavy (non-hydrogen) atoms. The lowest BCUT2D eigenvalue weighted by atomic mass is 10.1. The summed E-state index contributed by atoms with van der Waals surface area (Å²) < 4.78 is 12.7. The highest BCUT2D eigenvalue weighted by molar-refractivity contribution is 5.94. The molecule has 1 heterocycles. The highest BCUT2D eigenvalue weighted by atomic mass is 16.5. The van der Waals surface area contributed by atoms with Gasteiger partial charge in [0, 0.05) is 24.7 Å². The Morgan fingerprint density at radius 1 is 0.969 bits per heavy atom. The minimum atomic E-state index is -0.0140. The third kappa shape index (κ3) is 4.79. The lowest BCUT2D eigenvalue weighted by Gasteiger charge is -2.22. The van der Waals surface area contributed by atoms with E-state index < -0.39 is 0 Å². The molecule has 0 bridgehead atoms. The zero-order valence-electron chi connectivity index (χ0n) is 19.9. The number of aromatic nitrogens is 2. The van der Waals surface area contributed by atoms with Crippen molar-refractivity contribution in [3.63, 3.8) is 0 Å². The molecule has 0 saturated heterocycles. The molecule has 170 valence electrons. The molecule has 0 unspecified atom stereocenters. The highest BCUT2D eigenvalue weighted by Crippen LogP contribution is 2.34. The van der Waals surface area contributed by atoms with Crippen LogP contribution in [0.2, 0.25) is 0 Å². The van der Waals surface area contributed by atoms with Crippen LogP contribution in [0.5, 0.6) is 11.5 Å². The van der Waals surface area contributed by atoms with Gasteiger partial charge in [-0.25, -0.2) is 4.68 Å². The number of carbonyl (C=O) groups is 1. The van der Waals surface area contributed by atoms with Gasteiger partial charge in [-0.05, 0) is 56.5 Å². The molecule has 0 aliphatic rings. The predicted molar refractivity (Wildman–Crippen MR) is 128 cm³/mol. The number of hydrogen-bond donors (Lipinski definition) is 0. The van der Waals surface area contributed by atoms with Gasteiger partial charge >= 0.3 is 0 Å². The van der Waals surface area contributed by atoms with Crippen LogP contribution in [0.1, 0.15) is 48.3 Å².